The molecule has 2 rings (SSSR count). The number of hydrogen-bond donors (Lipinski definition) is 0. The van der Waals surface area contributed by atoms with Gasteiger partial charge in [-0.25, -0.2) is 8.78 Å². The molecule has 0 aromatic heterocycles. The quantitative estimate of drug-likeness (QED) is 0.643. The molecule has 0 aliphatic rings. The van der Waals surface area contributed by atoms with E-state index in [0.717, 1.165) is 14.9 Å². The zero-order valence-corrected chi connectivity index (χ0v) is 12.2. The van der Waals surface area contributed by atoms with E-state index in [0.29, 0.717) is 5.75 Å². The average molecular weight is 350 g/mol. The lowest BCUT2D eigenvalue weighted by Crippen LogP contribution is -1.86. The lowest BCUT2D eigenvalue weighted by atomic mass is 10.2. The number of benzene rings is 2. The number of hydrogen-bond acceptors (Lipinski definition) is 1. The Balaban J connectivity index is 2.11. The number of rotatable bonds is 3. The number of halogens is 4. The minimum atomic E-state index is -0.437. The molecule has 0 saturated carbocycles. The monoisotopic (exact) mass is 348 g/mol. The lowest BCUT2D eigenvalue weighted by molar-refractivity contribution is 0.626. The molecule has 0 aliphatic carbocycles. The first-order valence-corrected chi connectivity index (χ1v) is 7.23. The van der Waals surface area contributed by atoms with E-state index >= 15 is 0 Å². The molecule has 0 radical (unpaired) electrons. The molecule has 0 saturated heterocycles. The van der Waals surface area contributed by atoms with Crippen LogP contribution in [0.25, 0.3) is 0 Å². The number of thioether (sulfide) groups is 1. The maximum Gasteiger partial charge on any atom is 0.141 e. The van der Waals surface area contributed by atoms with Crippen LogP contribution in [-0.2, 0) is 5.75 Å². The molecule has 0 N–H and O–H groups in total. The molecule has 0 aliphatic heterocycles. The Morgan fingerprint density at radius 2 is 1.89 bits per heavy atom. The molecular formula is C13H8BrClF2S. The van der Waals surface area contributed by atoms with Gasteiger partial charge in [0.1, 0.15) is 11.6 Å². The molecule has 2 aromatic carbocycles. The summed E-state index contributed by atoms with van der Waals surface area (Å²) in [5, 5.41) is 0.0957. The average Bonchev–Trinajstić information content (AvgIpc) is 2.34. The van der Waals surface area contributed by atoms with Gasteiger partial charge in [0, 0.05) is 15.1 Å². The largest absolute Gasteiger partial charge is 0.207 e. The fourth-order valence-corrected chi connectivity index (χ4v) is 3.13. The highest BCUT2D eigenvalue weighted by atomic mass is 79.9. The lowest BCUT2D eigenvalue weighted by Gasteiger charge is -2.05. The van der Waals surface area contributed by atoms with Crippen molar-refractivity contribution in [3.05, 3.63) is 63.1 Å². The van der Waals surface area contributed by atoms with Gasteiger partial charge in [-0.05, 0) is 42.0 Å². The maximum absolute atomic E-state index is 13.1. The first-order chi connectivity index (χ1) is 8.56. The van der Waals surface area contributed by atoms with E-state index in [-0.39, 0.29) is 10.8 Å². The van der Waals surface area contributed by atoms with Crippen molar-refractivity contribution in [2.75, 3.05) is 0 Å². The molecule has 5 heteroatoms. The summed E-state index contributed by atoms with van der Waals surface area (Å²) in [6.45, 7) is 0. The van der Waals surface area contributed by atoms with Crippen LogP contribution in [0.15, 0.2) is 45.8 Å². The predicted octanol–water partition coefficient (Wildman–Crippen LogP) is 5.67. The molecule has 0 atom stereocenters. The summed E-state index contributed by atoms with van der Waals surface area (Å²) in [5.74, 6) is -0.126. The van der Waals surface area contributed by atoms with Crippen molar-refractivity contribution in [3.63, 3.8) is 0 Å². The van der Waals surface area contributed by atoms with E-state index in [9.17, 15) is 8.78 Å². The Hall–Kier alpha value is -0.580. The predicted molar refractivity (Wildman–Crippen MR) is 75.1 cm³/mol. The van der Waals surface area contributed by atoms with Crippen LogP contribution in [0.1, 0.15) is 5.56 Å². The highest BCUT2D eigenvalue weighted by Gasteiger charge is 2.05. The van der Waals surface area contributed by atoms with Gasteiger partial charge in [-0.15, -0.1) is 11.8 Å². The van der Waals surface area contributed by atoms with Gasteiger partial charge < -0.3 is 0 Å². The summed E-state index contributed by atoms with van der Waals surface area (Å²) >= 11 is 10.5. The van der Waals surface area contributed by atoms with Crippen LogP contribution >= 0.6 is 39.3 Å². The molecule has 0 fully saturated rings. The van der Waals surface area contributed by atoms with Crippen LogP contribution in [0.3, 0.4) is 0 Å². The zero-order chi connectivity index (χ0) is 13.1. The van der Waals surface area contributed by atoms with E-state index in [2.05, 4.69) is 15.9 Å². The topological polar surface area (TPSA) is 0 Å². The van der Waals surface area contributed by atoms with Crippen molar-refractivity contribution in [2.45, 2.75) is 10.6 Å². The Labute approximate surface area is 121 Å². The fraction of sp³-hybridized carbons (Fsp3) is 0.0769. The smallest absolute Gasteiger partial charge is 0.141 e. The van der Waals surface area contributed by atoms with E-state index in [4.69, 9.17) is 11.6 Å². The molecular weight excluding hydrogens is 342 g/mol. The van der Waals surface area contributed by atoms with Gasteiger partial charge in [0.15, 0.2) is 0 Å². The van der Waals surface area contributed by atoms with Gasteiger partial charge in [0.25, 0.3) is 0 Å². The summed E-state index contributed by atoms with van der Waals surface area (Å²) in [6.07, 6.45) is 0. The summed E-state index contributed by atoms with van der Waals surface area (Å²) in [6, 6.07) is 9.08. The first kappa shape index (κ1) is 13.8. The van der Waals surface area contributed by atoms with Gasteiger partial charge in [0.05, 0.1) is 5.02 Å². The zero-order valence-electron chi connectivity index (χ0n) is 9.09. The van der Waals surface area contributed by atoms with Crippen molar-refractivity contribution in [1.82, 2.24) is 0 Å². The molecule has 0 bridgehead atoms. The van der Waals surface area contributed by atoms with Crippen LogP contribution in [0.5, 0.6) is 0 Å². The van der Waals surface area contributed by atoms with Gasteiger partial charge >= 0.3 is 0 Å². The Bertz CT molecular complexity index is 575. The summed E-state index contributed by atoms with van der Waals surface area (Å²) in [5.41, 5.74) is 0.848. The highest BCUT2D eigenvalue weighted by molar-refractivity contribution is 9.10. The Morgan fingerprint density at radius 3 is 2.61 bits per heavy atom. The Morgan fingerprint density at radius 1 is 1.11 bits per heavy atom. The van der Waals surface area contributed by atoms with E-state index in [1.807, 2.05) is 0 Å². The van der Waals surface area contributed by atoms with Crippen molar-refractivity contribution in [3.8, 4) is 0 Å². The SMILES string of the molecule is Fc1ccc(Br)c(CSc2ccc(F)c(Cl)c2)c1. The minimum absolute atomic E-state index is 0.0957. The minimum Gasteiger partial charge on any atom is -0.207 e. The second-order valence-electron chi connectivity index (χ2n) is 3.60. The van der Waals surface area contributed by atoms with Gasteiger partial charge in [0.2, 0.25) is 0 Å². The highest BCUT2D eigenvalue weighted by Crippen LogP contribution is 2.29. The van der Waals surface area contributed by atoms with Gasteiger partial charge in [-0.2, -0.15) is 0 Å². The molecule has 0 nitrogen and oxygen atoms in total. The maximum atomic E-state index is 13.1. The normalized spacial score (nSPS) is 10.7. The van der Waals surface area contributed by atoms with Crippen LogP contribution in [0.2, 0.25) is 5.02 Å². The summed E-state index contributed by atoms with van der Waals surface area (Å²) in [7, 11) is 0. The van der Waals surface area contributed by atoms with Crippen molar-refractivity contribution in [1.29, 1.82) is 0 Å². The fourth-order valence-electron chi connectivity index (χ4n) is 1.38. The standard InChI is InChI=1S/C13H8BrClF2S/c14-11-3-1-9(16)5-8(11)7-18-10-2-4-13(17)12(15)6-10/h1-6H,7H2. The molecule has 94 valence electrons. The first-order valence-electron chi connectivity index (χ1n) is 5.08. The Kier molecular flexibility index (Phi) is 4.65. The van der Waals surface area contributed by atoms with E-state index in [1.54, 1.807) is 18.2 Å². The van der Waals surface area contributed by atoms with E-state index in [1.165, 1.54) is 30.0 Å². The van der Waals surface area contributed by atoms with Gasteiger partial charge in [-0.3, -0.25) is 0 Å². The van der Waals surface area contributed by atoms with E-state index < -0.39 is 5.82 Å². The third-order valence-electron chi connectivity index (χ3n) is 2.29. The summed E-state index contributed by atoms with van der Waals surface area (Å²) < 4.78 is 26.9. The van der Waals surface area contributed by atoms with Crippen LogP contribution in [0, 0.1) is 11.6 Å². The third-order valence-corrected chi connectivity index (χ3v) is 4.40. The molecule has 2 aromatic rings. The molecule has 0 heterocycles. The molecule has 0 spiro atoms. The van der Waals surface area contributed by atoms with Crippen LogP contribution < -0.4 is 0 Å². The molecule has 18 heavy (non-hydrogen) atoms. The molecule has 0 unspecified atom stereocenters. The third kappa shape index (κ3) is 3.46. The second-order valence-corrected chi connectivity index (χ2v) is 5.91. The second kappa shape index (κ2) is 6.04. The van der Waals surface area contributed by atoms with Crippen molar-refractivity contribution in [2.24, 2.45) is 0 Å². The summed E-state index contributed by atoms with van der Waals surface area (Å²) in [4.78, 5) is 0.845. The van der Waals surface area contributed by atoms with Crippen LogP contribution in [0.4, 0.5) is 8.78 Å². The van der Waals surface area contributed by atoms with Crippen molar-refractivity contribution >= 4 is 39.3 Å². The molecule has 0 amide bonds. The van der Waals surface area contributed by atoms with Gasteiger partial charge in [-0.1, -0.05) is 27.5 Å². The van der Waals surface area contributed by atoms with Crippen molar-refractivity contribution < 1.29 is 8.78 Å². The van der Waals surface area contributed by atoms with Crippen LogP contribution in [-0.4, -0.2) is 0 Å².